The van der Waals surface area contributed by atoms with E-state index in [2.05, 4.69) is 10.2 Å². The quantitative estimate of drug-likeness (QED) is 0.272. The molecule has 40 heavy (non-hydrogen) atoms. The number of benzene rings is 3. The molecule has 3 aromatic carbocycles. The molecule has 210 valence electrons. The van der Waals surface area contributed by atoms with Crippen LogP contribution in [0, 0.1) is 0 Å². The fourth-order valence-electron chi connectivity index (χ4n) is 4.26. The van der Waals surface area contributed by atoms with Crippen molar-refractivity contribution >= 4 is 16.9 Å². The Labute approximate surface area is 231 Å². The van der Waals surface area contributed by atoms with Crippen molar-refractivity contribution in [1.29, 1.82) is 0 Å². The van der Waals surface area contributed by atoms with Gasteiger partial charge in [-0.05, 0) is 37.4 Å². The highest BCUT2D eigenvalue weighted by Crippen LogP contribution is 2.42. The molecule has 0 aliphatic rings. The van der Waals surface area contributed by atoms with Crippen LogP contribution in [0.3, 0.4) is 0 Å². The minimum Gasteiger partial charge on any atom is -0.504 e. The number of phenolic OH excluding ortho intramolecular Hbond substituents is 1. The summed E-state index contributed by atoms with van der Waals surface area (Å²) in [6.45, 7) is 1.69. The van der Waals surface area contributed by atoms with Crippen LogP contribution in [0.5, 0.6) is 28.7 Å². The lowest BCUT2D eigenvalue weighted by molar-refractivity contribution is -0.123. The number of phenols is 1. The standard InChI is InChI=1S/C30H32N2O8/c1-32(17-20-7-5-6-8-23(20)36-2)14-13-31-27(34)18-39-21-11-9-19(10-12-21)24-15-22(33)28-25(40-24)16-26(37-3)30(38-4)29(28)35/h5-12,15-16,35H,13-14,17-18H2,1-4H3,(H,31,34). The number of carbonyl (C=O) groups excluding carboxylic acids is 1. The Balaban J connectivity index is 1.32. The maximum absolute atomic E-state index is 12.8. The summed E-state index contributed by atoms with van der Waals surface area (Å²) in [5.41, 5.74) is 1.42. The lowest BCUT2D eigenvalue weighted by atomic mass is 10.1. The number of nitrogens with zero attached hydrogens (tertiary/aromatic N) is 1. The molecule has 0 spiro atoms. The number of rotatable bonds is 12. The van der Waals surface area contributed by atoms with Gasteiger partial charge in [0.15, 0.2) is 23.5 Å². The van der Waals surface area contributed by atoms with E-state index in [9.17, 15) is 14.7 Å². The third-order valence-corrected chi connectivity index (χ3v) is 6.29. The van der Waals surface area contributed by atoms with E-state index in [4.69, 9.17) is 23.4 Å². The first-order valence-corrected chi connectivity index (χ1v) is 12.6. The smallest absolute Gasteiger partial charge is 0.257 e. The fourth-order valence-corrected chi connectivity index (χ4v) is 4.26. The summed E-state index contributed by atoms with van der Waals surface area (Å²) in [6.07, 6.45) is 0. The van der Waals surface area contributed by atoms with Crippen molar-refractivity contribution < 1.29 is 33.3 Å². The average Bonchev–Trinajstić information content (AvgIpc) is 2.96. The van der Waals surface area contributed by atoms with Gasteiger partial charge >= 0.3 is 0 Å². The number of para-hydroxylation sites is 1. The summed E-state index contributed by atoms with van der Waals surface area (Å²) in [5, 5.41) is 13.3. The molecule has 0 saturated carbocycles. The van der Waals surface area contributed by atoms with E-state index in [0.29, 0.717) is 36.7 Å². The van der Waals surface area contributed by atoms with Crippen molar-refractivity contribution in [3.63, 3.8) is 0 Å². The highest BCUT2D eigenvalue weighted by atomic mass is 16.5. The normalized spacial score (nSPS) is 10.9. The molecule has 0 aliphatic carbocycles. The Morgan fingerprint density at radius 2 is 1.70 bits per heavy atom. The molecule has 0 bridgehead atoms. The third-order valence-electron chi connectivity index (χ3n) is 6.29. The SMILES string of the molecule is COc1ccccc1CN(C)CCNC(=O)COc1ccc(-c2cc(=O)c3c(O)c(OC)c(OC)cc3o2)cc1. The van der Waals surface area contributed by atoms with Crippen molar-refractivity contribution in [2.75, 3.05) is 48.1 Å². The number of hydrogen-bond acceptors (Lipinski definition) is 9. The molecule has 0 aliphatic heterocycles. The lowest BCUT2D eigenvalue weighted by Gasteiger charge is -2.18. The molecule has 4 rings (SSSR count). The predicted octanol–water partition coefficient (Wildman–Crippen LogP) is 3.82. The van der Waals surface area contributed by atoms with Crippen molar-refractivity contribution in [2.24, 2.45) is 0 Å². The van der Waals surface area contributed by atoms with Gasteiger partial charge in [-0.25, -0.2) is 0 Å². The Hall–Kier alpha value is -4.70. The van der Waals surface area contributed by atoms with Gasteiger partial charge in [-0.1, -0.05) is 18.2 Å². The molecule has 10 heteroatoms. The molecule has 0 unspecified atom stereocenters. The van der Waals surface area contributed by atoms with E-state index >= 15 is 0 Å². The van der Waals surface area contributed by atoms with Gasteiger partial charge in [0.25, 0.3) is 5.91 Å². The lowest BCUT2D eigenvalue weighted by Crippen LogP contribution is -2.35. The minimum atomic E-state index is -0.430. The van der Waals surface area contributed by atoms with E-state index in [-0.39, 0.29) is 40.7 Å². The van der Waals surface area contributed by atoms with Crippen LogP contribution in [-0.4, -0.2) is 64.0 Å². The molecular weight excluding hydrogens is 516 g/mol. The second-order valence-electron chi connectivity index (χ2n) is 9.02. The monoisotopic (exact) mass is 548 g/mol. The van der Waals surface area contributed by atoms with Gasteiger partial charge in [-0.3, -0.25) is 9.59 Å². The van der Waals surface area contributed by atoms with Crippen LogP contribution in [0.4, 0.5) is 0 Å². The predicted molar refractivity (Wildman–Crippen MR) is 151 cm³/mol. The number of amides is 1. The van der Waals surface area contributed by atoms with Crippen molar-refractivity contribution in [1.82, 2.24) is 10.2 Å². The molecule has 10 nitrogen and oxygen atoms in total. The molecule has 4 aromatic rings. The zero-order valence-electron chi connectivity index (χ0n) is 22.9. The Morgan fingerprint density at radius 1 is 0.975 bits per heavy atom. The van der Waals surface area contributed by atoms with Crippen LogP contribution < -0.4 is 29.7 Å². The number of methoxy groups -OCH3 is 3. The third kappa shape index (κ3) is 6.47. The molecule has 1 aromatic heterocycles. The first kappa shape index (κ1) is 28.3. The molecule has 1 amide bonds. The van der Waals surface area contributed by atoms with Crippen molar-refractivity contribution in [2.45, 2.75) is 6.54 Å². The molecular formula is C30H32N2O8. The highest BCUT2D eigenvalue weighted by Gasteiger charge is 2.19. The Kier molecular flexibility index (Phi) is 9.13. The van der Waals surface area contributed by atoms with Crippen LogP contribution in [0.1, 0.15) is 5.56 Å². The number of hydrogen-bond donors (Lipinski definition) is 2. The molecule has 0 fully saturated rings. The summed E-state index contributed by atoms with van der Waals surface area (Å²) in [6, 6.07) is 17.4. The van der Waals surface area contributed by atoms with Crippen LogP contribution in [-0.2, 0) is 11.3 Å². The van der Waals surface area contributed by atoms with E-state index in [1.54, 1.807) is 31.4 Å². The van der Waals surface area contributed by atoms with Crippen molar-refractivity contribution in [3.05, 3.63) is 76.5 Å². The average molecular weight is 549 g/mol. The van der Waals surface area contributed by atoms with Gasteiger partial charge in [0.05, 0.1) is 21.3 Å². The van der Waals surface area contributed by atoms with Gasteiger partial charge < -0.3 is 38.7 Å². The zero-order valence-corrected chi connectivity index (χ0v) is 22.9. The van der Waals surface area contributed by atoms with Crippen LogP contribution >= 0.6 is 0 Å². The van der Waals surface area contributed by atoms with Gasteiger partial charge in [-0.15, -0.1) is 0 Å². The Morgan fingerprint density at radius 3 is 2.40 bits per heavy atom. The van der Waals surface area contributed by atoms with Crippen LogP contribution in [0.25, 0.3) is 22.3 Å². The summed E-state index contributed by atoms with van der Waals surface area (Å²) < 4.78 is 27.3. The van der Waals surface area contributed by atoms with Gasteiger partial charge in [0.2, 0.25) is 5.75 Å². The number of fused-ring (bicyclic) bond motifs is 1. The first-order valence-electron chi connectivity index (χ1n) is 12.6. The topological polar surface area (TPSA) is 120 Å². The Bertz CT molecular complexity index is 1530. The van der Waals surface area contributed by atoms with E-state index in [1.807, 2.05) is 31.3 Å². The summed E-state index contributed by atoms with van der Waals surface area (Å²) in [5.74, 6) is 1.32. The van der Waals surface area contributed by atoms with Crippen LogP contribution in [0.15, 0.2) is 69.9 Å². The molecule has 2 N–H and O–H groups in total. The second kappa shape index (κ2) is 12.9. The fraction of sp³-hybridized carbons (Fsp3) is 0.267. The number of carbonyl (C=O) groups is 1. The largest absolute Gasteiger partial charge is 0.504 e. The maximum atomic E-state index is 12.8. The number of ether oxygens (including phenoxy) is 4. The summed E-state index contributed by atoms with van der Waals surface area (Å²) in [4.78, 5) is 27.1. The maximum Gasteiger partial charge on any atom is 0.257 e. The summed E-state index contributed by atoms with van der Waals surface area (Å²) >= 11 is 0. The highest BCUT2D eigenvalue weighted by molar-refractivity contribution is 5.89. The number of nitrogens with one attached hydrogen (secondary N) is 1. The number of aromatic hydroxyl groups is 1. The molecule has 0 atom stereocenters. The van der Waals surface area contributed by atoms with Gasteiger partial charge in [0.1, 0.15) is 28.2 Å². The van der Waals surface area contributed by atoms with Gasteiger partial charge in [-0.2, -0.15) is 0 Å². The zero-order chi connectivity index (χ0) is 28.6. The summed E-state index contributed by atoms with van der Waals surface area (Å²) in [7, 11) is 6.42. The van der Waals surface area contributed by atoms with E-state index in [1.165, 1.54) is 26.4 Å². The molecule has 0 saturated heterocycles. The molecule has 0 radical (unpaired) electrons. The van der Waals surface area contributed by atoms with Gasteiger partial charge in [0, 0.05) is 42.9 Å². The van der Waals surface area contributed by atoms with Crippen LogP contribution in [0.2, 0.25) is 0 Å². The number of likely N-dealkylation sites (N-methyl/N-ethyl adjacent to an activating group) is 1. The minimum absolute atomic E-state index is 0.00153. The molecule has 1 heterocycles. The van der Waals surface area contributed by atoms with E-state index in [0.717, 1.165) is 11.3 Å². The van der Waals surface area contributed by atoms with E-state index < -0.39 is 5.43 Å². The second-order valence-corrected chi connectivity index (χ2v) is 9.02. The van der Waals surface area contributed by atoms with Crippen molar-refractivity contribution in [3.8, 4) is 40.1 Å². The first-order chi connectivity index (χ1) is 19.3.